The molecule has 1 aromatic heterocycles. The number of imidazole rings is 1. The van der Waals surface area contributed by atoms with Gasteiger partial charge in [0.1, 0.15) is 5.82 Å². The van der Waals surface area contributed by atoms with E-state index in [0.29, 0.717) is 13.2 Å². The van der Waals surface area contributed by atoms with Crippen LogP contribution in [0.5, 0.6) is 0 Å². The summed E-state index contributed by atoms with van der Waals surface area (Å²) < 4.78 is 11.0. The molecule has 0 atom stereocenters. The molecule has 0 spiro atoms. The van der Waals surface area contributed by atoms with E-state index >= 15 is 0 Å². The molecule has 0 saturated carbocycles. The van der Waals surface area contributed by atoms with Crippen molar-refractivity contribution < 1.29 is 9.47 Å². The SMILES string of the molecule is c1cc(Cc2ncc[nH]2)cc(C2OCCO2)c1. The van der Waals surface area contributed by atoms with Gasteiger partial charge in [-0.2, -0.15) is 0 Å². The van der Waals surface area contributed by atoms with Gasteiger partial charge in [0.25, 0.3) is 0 Å². The highest BCUT2D eigenvalue weighted by Crippen LogP contribution is 2.24. The predicted octanol–water partition coefficient (Wildman–Crippen LogP) is 2.05. The fraction of sp³-hybridized carbons (Fsp3) is 0.308. The maximum absolute atomic E-state index is 5.48. The van der Waals surface area contributed by atoms with Gasteiger partial charge in [0.05, 0.1) is 13.2 Å². The Kier molecular flexibility index (Phi) is 2.90. The van der Waals surface area contributed by atoms with E-state index in [1.54, 1.807) is 6.20 Å². The van der Waals surface area contributed by atoms with Crippen molar-refractivity contribution in [1.29, 1.82) is 0 Å². The van der Waals surface area contributed by atoms with E-state index in [-0.39, 0.29) is 6.29 Å². The summed E-state index contributed by atoms with van der Waals surface area (Å²) in [6.45, 7) is 1.35. The Balaban J connectivity index is 1.78. The Labute approximate surface area is 99.6 Å². The Hall–Kier alpha value is -1.65. The molecule has 1 aromatic carbocycles. The molecule has 4 nitrogen and oxygen atoms in total. The standard InChI is InChI=1S/C13H14N2O2/c1-2-10(9-12-14-4-5-15-12)8-11(3-1)13-16-6-7-17-13/h1-5,8,13H,6-7,9H2,(H,14,15). The van der Waals surface area contributed by atoms with Crippen molar-refractivity contribution in [3.8, 4) is 0 Å². The third kappa shape index (κ3) is 2.38. The lowest BCUT2D eigenvalue weighted by molar-refractivity contribution is -0.0441. The van der Waals surface area contributed by atoms with Gasteiger partial charge in [-0.25, -0.2) is 4.98 Å². The monoisotopic (exact) mass is 230 g/mol. The van der Waals surface area contributed by atoms with Crippen molar-refractivity contribution in [2.75, 3.05) is 13.2 Å². The maximum Gasteiger partial charge on any atom is 0.184 e. The molecule has 4 heteroatoms. The lowest BCUT2D eigenvalue weighted by atomic mass is 10.1. The zero-order valence-electron chi connectivity index (χ0n) is 9.43. The zero-order valence-corrected chi connectivity index (χ0v) is 9.43. The van der Waals surface area contributed by atoms with Crippen molar-refractivity contribution in [3.05, 3.63) is 53.6 Å². The summed E-state index contributed by atoms with van der Waals surface area (Å²) in [6.07, 6.45) is 4.20. The van der Waals surface area contributed by atoms with Gasteiger partial charge in [0.2, 0.25) is 0 Å². The van der Waals surface area contributed by atoms with E-state index < -0.39 is 0 Å². The highest BCUT2D eigenvalue weighted by Gasteiger charge is 2.18. The molecule has 2 aromatic rings. The van der Waals surface area contributed by atoms with E-state index in [1.807, 2.05) is 18.3 Å². The molecular weight excluding hydrogens is 216 g/mol. The molecule has 0 aliphatic carbocycles. The van der Waals surface area contributed by atoms with Gasteiger partial charge in [-0.3, -0.25) is 0 Å². The van der Waals surface area contributed by atoms with Crippen LogP contribution in [0.25, 0.3) is 0 Å². The molecule has 2 heterocycles. The first-order valence-corrected chi connectivity index (χ1v) is 5.72. The molecule has 0 amide bonds. The topological polar surface area (TPSA) is 47.1 Å². The minimum Gasteiger partial charge on any atom is -0.348 e. The fourth-order valence-electron chi connectivity index (χ4n) is 1.99. The number of H-pyrrole nitrogens is 1. The number of rotatable bonds is 3. The van der Waals surface area contributed by atoms with E-state index in [9.17, 15) is 0 Å². The molecule has 17 heavy (non-hydrogen) atoms. The average molecular weight is 230 g/mol. The van der Waals surface area contributed by atoms with Gasteiger partial charge >= 0.3 is 0 Å². The van der Waals surface area contributed by atoms with Crippen molar-refractivity contribution in [3.63, 3.8) is 0 Å². The van der Waals surface area contributed by atoms with Crippen LogP contribution in [0.4, 0.5) is 0 Å². The summed E-state index contributed by atoms with van der Waals surface area (Å²) in [4.78, 5) is 7.32. The molecule has 1 aliphatic heterocycles. The molecular formula is C13H14N2O2. The lowest BCUT2D eigenvalue weighted by Crippen LogP contribution is -1.99. The number of aromatic amines is 1. The van der Waals surface area contributed by atoms with Crippen molar-refractivity contribution in [2.24, 2.45) is 0 Å². The summed E-state index contributed by atoms with van der Waals surface area (Å²) in [6, 6.07) is 8.25. The van der Waals surface area contributed by atoms with Crippen molar-refractivity contribution in [1.82, 2.24) is 9.97 Å². The Morgan fingerprint density at radius 2 is 2.18 bits per heavy atom. The highest BCUT2D eigenvalue weighted by molar-refractivity contribution is 5.26. The quantitative estimate of drug-likeness (QED) is 0.877. The van der Waals surface area contributed by atoms with Crippen LogP contribution in [0, 0.1) is 0 Å². The summed E-state index contributed by atoms with van der Waals surface area (Å²) >= 11 is 0. The smallest absolute Gasteiger partial charge is 0.184 e. The van der Waals surface area contributed by atoms with Gasteiger partial charge in [0, 0.05) is 24.4 Å². The van der Waals surface area contributed by atoms with Gasteiger partial charge in [0.15, 0.2) is 6.29 Å². The summed E-state index contributed by atoms with van der Waals surface area (Å²) in [5, 5.41) is 0. The summed E-state index contributed by atoms with van der Waals surface area (Å²) in [7, 11) is 0. The minimum absolute atomic E-state index is 0.202. The predicted molar refractivity (Wildman–Crippen MR) is 62.5 cm³/mol. The molecule has 3 rings (SSSR count). The highest BCUT2D eigenvalue weighted by atomic mass is 16.7. The second-order valence-electron chi connectivity index (χ2n) is 4.03. The molecule has 1 saturated heterocycles. The Morgan fingerprint density at radius 1 is 1.29 bits per heavy atom. The van der Waals surface area contributed by atoms with Crippen LogP contribution in [0.15, 0.2) is 36.7 Å². The third-order valence-corrected chi connectivity index (χ3v) is 2.77. The second-order valence-corrected chi connectivity index (χ2v) is 4.03. The molecule has 0 unspecified atom stereocenters. The Bertz CT molecular complexity index is 476. The summed E-state index contributed by atoms with van der Waals surface area (Å²) in [5.41, 5.74) is 2.28. The van der Waals surface area contributed by atoms with Crippen LogP contribution >= 0.6 is 0 Å². The van der Waals surface area contributed by atoms with Crippen LogP contribution < -0.4 is 0 Å². The lowest BCUT2D eigenvalue weighted by Gasteiger charge is -2.10. The van der Waals surface area contributed by atoms with Crippen LogP contribution in [0.2, 0.25) is 0 Å². The van der Waals surface area contributed by atoms with E-state index in [4.69, 9.17) is 9.47 Å². The minimum atomic E-state index is -0.202. The van der Waals surface area contributed by atoms with Crippen molar-refractivity contribution >= 4 is 0 Å². The maximum atomic E-state index is 5.48. The van der Waals surface area contributed by atoms with Crippen LogP contribution in [0.3, 0.4) is 0 Å². The zero-order chi connectivity index (χ0) is 11.5. The number of nitrogens with zero attached hydrogens (tertiary/aromatic N) is 1. The molecule has 0 bridgehead atoms. The van der Waals surface area contributed by atoms with Crippen LogP contribution in [0.1, 0.15) is 23.2 Å². The van der Waals surface area contributed by atoms with Gasteiger partial charge in [-0.05, 0) is 5.56 Å². The molecule has 0 radical (unpaired) electrons. The fourth-order valence-corrected chi connectivity index (χ4v) is 1.99. The molecule has 1 aliphatic rings. The van der Waals surface area contributed by atoms with Crippen molar-refractivity contribution in [2.45, 2.75) is 12.7 Å². The first kappa shape index (κ1) is 10.5. The normalized spacial score (nSPS) is 16.5. The number of aromatic nitrogens is 2. The summed E-state index contributed by atoms with van der Waals surface area (Å²) in [5.74, 6) is 0.968. The number of ether oxygens (including phenoxy) is 2. The van der Waals surface area contributed by atoms with E-state index in [1.165, 1.54) is 5.56 Å². The molecule has 1 fully saturated rings. The van der Waals surface area contributed by atoms with Gasteiger partial charge in [-0.15, -0.1) is 0 Å². The van der Waals surface area contributed by atoms with Gasteiger partial charge in [-0.1, -0.05) is 24.3 Å². The largest absolute Gasteiger partial charge is 0.348 e. The first-order chi connectivity index (χ1) is 8.42. The van der Waals surface area contributed by atoms with Gasteiger partial charge < -0.3 is 14.5 Å². The molecule has 88 valence electrons. The van der Waals surface area contributed by atoms with Crippen LogP contribution in [-0.2, 0) is 15.9 Å². The number of benzene rings is 1. The third-order valence-electron chi connectivity index (χ3n) is 2.77. The average Bonchev–Trinajstić information content (AvgIpc) is 3.01. The number of hydrogen-bond donors (Lipinski definition) is 1. The first-order valence-electron chi connectivity index (χ1n) is 5.72. The second kappa shape index (κ2) is 4.69. The Morgan fingerprint density at radius 3 is 2.94 bits per heavy atom. The number of nitrogens with one attached hydrogen (secondary N) is 1. The number of hydrogen-bond acceptors (Lipinski definition) is 3. The van der Waals surface area contributed by atoms with E-state index in [0.717, 1.165) is 17.8 Å². The molecule has 1 N–H and O–H groups in total. The van der Waals surface area contributed by atoms with E-state index in [2.05, 4.69) is 22.1 Å². The van der Waals surface area contributed by atoms with Crippen LogP contribution in [-0.4, -0.2) is 23.2 Å².